The van der Waals surface area contributed by atoms with E-state index in [2.05, 4.69) is 10.4 Å². The number of para-hydroxylation sites is 1. The van der Waals surface area contributed by atoms with Crippen LogP contribution in [0.25, 0.3) is 10.9 Å². The minimum absolute atomic E-state index is 0.0287. The van der Waals surface area contributed by atoms with E-state index in [4.69, 9.17) is 5.73 Å². The van der Waals surface area contributed by atoms with Crippen LogP contribution < -0.4 is 11.1 Å². The number of carbonyl (C=O) groups is 1. The smallest absolute Gasteiger partial charge is 0.317 e. The molecule has 4 rings (SSSR count). The van der Waals surface area contributed by atoms with Crippen molar-refractivity contribution in [1.82, 2.24) is 20.0 Å². The number of benzene rings is 1. The van der Waals surface area contributed by atoms with Gasteiger partial charge in [0.1, 0.15) is 0 Å². The number of carbonyl (C=O) groups excluding carboxylic acids is 1. The number of nitrogens with one attached hydrogen (secondary N) is 1. The molecule has 1 unspecified atom stereocenters. The average Bonchev–Trinajstić information content (AvgIpc) is 3.03. The van der Waals surface area contributed by atoms with Gasteiger partial charge in [0.25, 0.3) is 0 Å². The zero-order valence-corrected chi connectivity index (χ0v) is 13.5. The van der Waals surface area contributed by atoms with Crippen LogP contribution in [0.4, 0.5) is 4.79 Å². The average molecular weight is 313 g/mol. The second-order valence-corrected chi connectivity index (χ2v) is 6.95. The number of nitrogens with zero attached hydrogens (tertiary/aromatic N) is 3. The van der Waals surface area contributed by atoms with Gasteiger partial charge in [0.2, 0.25) is 0 Å². The van der Waals surface area contributed by atoms with Crippen LogP contribution in [0.1, 0.15) is 25.0 Å². The molecule has 2 fully saturated rings. The van der Waals surface area contributed by atoms with Crippen molar-refractivity contribution in [1.29, 1.82) is 0 Å². The molecule has 1 aliphatic carbocycles. The van der Waals surface area contributed by atoms with Crippen LogP contribution in [0.2, 0.25) is 0 Å². The van der Waals surface area contributed by atoms with Crippen molar-refractivity contribution in [2.75, 3.05) is 13.1 Å². The fourth-order valence-electron chi connectivity index (χ4n) is 4.00. The molecule has 122 valence electrons. The molecule has 1 saturated heterocycles. The van der Waals surface area contributed by atoms with Crippen molar-refractivity contribution in [2.45, 2.75) is 31.8 Å². The number of urea groups is 1. The minimum Gasteiger partial charge on any atom is -0.332 e. The fourth-order valence-corrected chi connectivity index (χ4v) is 4.00. The lowest BCUT2D eigenvalue weighted by atomic mass is 9.66. The van der Waals surface area contributed by atoms with Crippen molar-refractivity contribution < 1.29 is 4.79 Å². The van der Waals surface area contributed by atoms with Gasteiger partial charge in [0.05, 0.1) is 17.8 Å². The van der Waals surface area contributed by atoms with E-state index in [-0.39, 0.29) is 17.5 Å². The molecule has 0 radical (unpaired) electrons. The Kier molecular flexibility index (Phi) is 3.30. The largest absolute Gasteiger partial charge is 0.332 e. The van der Waals surface area contributed by atoms with Crippen molar-refractivity contribution in [3.8, 4) is 0 Å². The molecule has 0 bridgehead atoms. The molecular weight excluding hydrogens is 290 g/mol. The molecule has 2 aliphatic rings. The molecule has 1 aliphatic heterocycles. The number of hydrogen-bond acceptors (Lipinski definition) is 3. The molecule has 1 saturated carbocycles. The van der Waals surface area contributed by atoms with Gasteiger partial charge in [-0.05, 0) is 18.9 Å². The second kappa shape index (κ2) is 5.23. The molecule has 1 aromatic heterocycles. The first kappa shape index (κ1) is 14.5. The lowest BCUT2D eigenvalue weighted by Crippen LogP contribution is -2.45. The Labute approximate surface area is 135 Å². The standard InChI is InChI=1S/C17H23N5O/c1-21-14-6-3-2-5-12(14)13(20-21)9-19-16(23)22-10-15(18)17(11-22)7-4-8-17/h2-3,5-6,15H,4,7-11,18H2,1H3,(H,19,23). The van der Waals surface area contributed by atoms with Crippen LogP contribution in [0.5, 0.6) is 0 Å². The van der Waals surface area contributed by atoms with Crippen LogP contribution in [-0.2, 0) is 13.6 Å². The van der Waals surface area contributed by atoms with E-state index < -0.39 is 0 Å². The highest BCUT2D eigenvalue weighted by Gasteiger charge is 2.49. The number of nitrogens with two attached hydrogens (primary N) is 1. The summed E-state index contributed by atoms with van der Waals surface area (Å²) in [7, 11) is 1.92. The van der Waals surface area contributed by atoms with E-state index >= 15 is 0 Å². The summed E-state index contributed by atoms with van der Waals surface area (Å²) in [5.41, 5.74) is 8.42. The summed E-state index contributed by atoms with van der Waals surface area (Å²) in [6.07, 6.45) is 3.55. The van der Waals surface area contributed by atoms with Gasteiger partial charge in [-0.2, -0.15) is 5.10 Å². The zero-order valence-electron chi connectivity index (χ0n) is 13.5. The highest BCUT2D eigenvalue weighted by molar-refractivity contribution is 5.82. The number of fused-ring (bicyclic) bond motifs is 1. The summed E-state index contributed by atoms with van der Waals surface area (Å²) >= 11 is 0. The predicted octanol–water partition coefficient (Wildman–Crippen LogP) is 1.60. The van der Waals surface area contributed by atoms with Crippen LogP contribution in [0.3, 0.4) is 0 Å². The topological polar surface area (TPSA) is 76.2 Å². The molecule has 2 amide bonds. The van der Waals surface area contributed by atoms with E-state index in [1.54, 1.807) is 0 Å². The summed E-state index contributed by atoms with van der Waals surface area (Å²) in [4.78, 5) is 14.3. The van der Waals surface area contributed by atoms with Gasteiger partial charge < -0.3 is 16.0 Å². The maximum Gasteiger partial charge on any atom is 0.317 e. The lowest BCUT2D eigenvalue weighted by Gasteiger charge is -2.41. The summed E-state index contributed by atoms with van der Waals surface area (Å²) < 4.78 is 1.85. The lowest BCUT2D eigenvalue weighted by molar-refractivity contribution is 0.125. The molecule has 3 N–H and O–H groups in total. The molecule has 1 spiro atoms. The van der Waals surface area contributed by atoms with Crippen molar-refractivity contribution in [2.24, 2.45) is 18.2 Å². The quantitative estimate of drug-likeness (QED) is 0.884. The number of amides is 2. The summed E-state index contributed by atoms with van der Waals surface area (Å²) in [5.74, 6) is 0. The van der Waals surface area contributed by atoms with Gasteiger partial charge in [-0.3, -0.25) is 4.68 Å². The molecule has 1 aromatic carbocycles. The highest BCUT2D eigenvalue weighted by Crippen LogP contribution is 2.47. The second-order valence-electron chi connectivity index (χ2n) is 6.95. The highest BCUT2D eigenvalue weighted by atomic mass is 16.2. The van der Waals surface area contributed by atoms with Crippen LogP contribution in [0, 0.1) is 5.41 Å². The van der Waals surface area contributed by atoms with Crippen molar-refractivity contribution >= 4 is 16.9 Å². The first-order valence-corrected chi connectivity index (χ1v) is 8.28. The maximum atomic E-state index is 12.5. The Hall–Kier alpha value is -2.08. The molecule has 2 heterocycles. The first-order chi connectivity index (χ1) is 11.1. The monoisotopic (exact) mass is 313 g/mol. The zero-order chi connectivity index (χ0) is 16.0. The Morgan fingerprint density at radius 2 is 2.22 bits per heavy atom. The first-order valence-electron chi connectivity index (χ1n) is 8.28. The number of hydrogen-bond donors (Lipinski definition) is 2. The Bertz CT molecular complexity index is 749. The molecular formula is C17H23N5O. The molecule has 2 aromatic rings. The van der Waals surface area contributed by atoms with Gasteiger partial charge in [-0.15, -0.1) is 0 Å². The number of likely N-dealkylation sites (tertiary alicyclic amines) is 1. The van der Waals surface area contributed by atoms with E-state index in [1.807, 2.05) is 40.9 Å². The molecule has 23 heavy (non-hydrogen) atoms. The Balaban J connectivity index is 1.43. The van der Waals surface area contributed by atoms with Crippen LogP contribution in [-0.4, -0.2) is 39.8 Å². The summed E-state index contributed by atoms with van der Waals surface area (Å²) in [6.45, 7) is 1.90. The van der Waals surface area contributed by atoms with Gasteiger partial charge in [-0.1, -0.05) is 24.6 Å². The van der Waals surface area contributed by atoms with Gasteiger partial charge in [0, 0.05) is 37.0 Å². The third-order valence-electron chi connectivity index (χ3n) is 5.59. The van der Waals surface area contributed by atoms with E-state index in [1.165, 1.54) is 6.42 Å². The SMILES string of the molecule is Cn1nc(CNC(=O)N2CC(N)C3(CCC3)C2)c2ccccc21. The number of aromatic nitrogens is 2. The predicted molar refractivity (Wildman–Crippen MR) is 88.8 cm³/mol. The Morgan fingerprint density at radius 1 is 1.43 bits per heavy atom. The Morgan fingerprint density at radius 3 is 2.91 bits per heavy atom. The fraction of sp³-hybridized carbons (Fsp3) is 0.529. The van der Waals surface area contributed by atoms with Crippen molar-refractivity contribution in [3.63, 3.8) is 0 Å². The number of aryl methyl sites for hydroxylation is 1. The summed E-state index contributed by atoms with van der Waals surface area (Å²) in [5, 5.41) is 8.61. The van der Waals surface area contributed by atoms with Crippen LogP contribution in [0.15, 0.2) is 24.3 Å². The third kappa shape index (κ3) is 2.28. The van der Waals surface area contributed by atoms with Crippen LogP contribution >= 0.6 is 0 Å². The number of rotatable bonds is 2. The normalized spacial score (nSPS) is 22.5. The summed E-state index contributed by atoms with van der Waals surface area (Å²) in [6, 6.07) is 8.16. The van der Waals surface area contributed by atoms with Gasteiger partial charge >= 0.3 is 6.03 Å². The minimum atomic E-state index is -0.0287. The maximum absolute atomic E-state index is 12.5. The van der Waals surface area contributed by atoms with Gasteiger partial charge in [-0.25, -0.2) is 4.79 Å². The molecule has 1 atom stereocenters. The van der Waals surface area contributed by atoms with E-state index in [0.29, 0.717) is 13.1 Å². The van der Waals surface area contributed by atoms with E-state index in [0.717, 1.165) is 36.0 Å². The molecule has 6 nitrogen and oxygen atoms in total. The third-order valence-corrected chi connectivity index (χ3v) is 5.59. The molecule has 6 heteroatoms. The van der Waals surface area contributed by atoms with E-state index in [9.17, 15) is 4.79 Å². The van der Waals surface area contributed by atoms with Gasteiger partial charge in [0.15, 0.2) is 0 Å². The van der Waals surface area contributed by atoms with Crippen molar-refractivity contribution in [3.05, 3.63) is 30.0 Å².